The first-order chi connectivity index (χ1) is 7.59. The van der Waals surface area contributed by atoms with Crippen molar-refractivity contribution in [3.05, 3.63) is 29.8 Å². The molecule has 0 aliphatic heterocycles. The fourth-order valence-electron chi connectivity index (χ4n) is 1.51. The van der Waals surface area contributed by atoms with Gasteiger partial charge in [0.25, 0.3) is 0 Å². The normalized spacial score (nSPS) is 11.1. The molecule has 1 rings (SSSR count). The second kappa shape index (κ2) is 6.43. The highest BCUT2D eigenvalue weighted by Crippen LogP contribution is 2.21. The zero-order valence-electron chi connectivity index (χ0n) is 9.62. The molecule has 0 aromatic heterocycles. The van der Waals surface area contributed by atoms with Crippen molar-refractivity contribution in [1.29, 1.82) is 0 Å². The Morgan fingerprint density at radius 1 is 1.25 bits per heavy atom. The maximum Gasteiger partial charge on any atom is 0.387 e. The highest BCUT2D eigenvalue weighted by atomic mass is 19.3. The lowest BCUT2D eigenvalue weighted by atomic mass is 10.1. The minimum absolute atomic E-state index is 0.288. The van der Waals surface area contributed by atoms with Gasteiger partial charge in [-0.3, -0.25) is 0 Å². The maximum absolute atomic E-state index is 12.1. The fraction of sp³-hybridized carbons (Fsp3) is 0.500. The van der Waals surface area contributed by atoms with E-state index in [-0.39, 0.29) is 5.75 Å². The smallest absolute Gasteiger partial charge is 0.387 e. The molecule has 0 saturated heterocycles. The van der Waals surface area contributed by atoms with E-state index in [1.807, 2.05) is 26.2 Å². The molecule has 0 radical (unpaired) electrons. The van der Waals surface area contributed by atoms with Crippen LogP contribution in [-0.4, -0.2) is 32.2 Å². The van der Waals surface area contributed by atoms with E-state index in [4.69, 9.17) is 0 Å². The number of para-hydroxylation sites is 1. The highest BCUT2D eigenvalue weighted by molar-refractivity contribution is 5.33. The van der Waals surface area contributed by atoms with Crippen molar-refractivity contribution in [2.45, 2.75) is 19.5 Å². The second-order valence-electron chi connectivity index (χ2n) is 3.89. The summed E-state index contributed by atoms with van der Waals surface area (Å²) in [4.78, 5) is 2.07. The molecule has 0 unspecified atom stereocenters. The van der Waals surface area contributed by atoms with Crippen LogP contribution in [0.2, 0.25) is 0 Å². The molecule has 0 aliphatic rings. The van der Waals surface area contributed by atoms with Crippen LogP contribution in [0.15, 0.2) is 24.3 Å². The van der Waals surface area contributed by atoms with E-state index < -0.39 is 6.61 Å². The topological polar surface area (TPSA) is 12.5 Å². The molecule has 90 valence electrons. The summed E-state index contributed by atoms with van der Waals surface area (Å²) in [5, 5.41) is 0. The molecule has 0 amide bonds. The number of halogens is 2. The minimum atomic E-state index is -2.75. The van der Waals surface area contributed by atoms with E-state index in [0.717, 1.165) is 24.9 Å². The van der Waals surface area contributed by atoms with Crippen LogP contribution >= 0.6 is 0 Å². The third-order valence-corrected chi connectivity index (χ3v) is 2.24. The molecule has 0 atom stereocenters. The Bertz CT molecular complexity index is 316. The molecule has 4 heteroatoms. The van der Waals surface area contributed by atoms with Gasteiger partial charge in [-0.25, -0.2) is 0 Å². The monoisotopic (exact) mass is 229 g/mol. The summed E-state index contributed by atoms with van der Waals surface area (Å²) in [6.07, 6.45) is 1.68. The minimum Gasteiger partial charge on any atom is -0.435 e. The van der Waals surface area contributed by atoms with Crippen LogP contribution < -0.4 is 4.74 Å². The largest absolute Gasteiger partial charge is 0.435 e. The van der Waals surface area contributed by atoms with Crippen molar-refractivity contribution in [2.75, 3.05) is 20.6 Å². The molecule has 2 nitrogen and oxygen atoms in total. The number of benzene rings is 1. The van der Waals surface area contributed by atoms with Gasteiger partial charge in [-0.1, -0.05) is 18.2 Å². The molecular weight excluding hydrogens is 212 g/mol. The first kappa shape index (κ1) is 12.9. The van der Waals surface area contributed by atoms with Crippen LogP contribution in [0.25, 0.3) is 0 Å². The highest BCUT2D eigenvalue weighted by Gasteiger charge is 2.08. The van der Waals surface area contributed by atoms with E-state index in [1.165, 1.54) is 0 Å². The summed E-state index contributed by atoms with van der Waals surface area (Å²) >= 11 is 0. The van der Waals surface area contributed by atoms with Crippen LogP contribution in [0.5, 0.6) is 5.75 Å². The Balaban J connectivity index is 2.56. The van der Waals surface area contributed by atoms with Crippen molar-refractivity contribution in [2.24, 2.45) is 0 Å². The predicted molar refractivity (Wildman–Crippen MR) is 59.9 cm³/mol. The number of aryl methyl sites for hydroxylation is 1. The van der Waals surface area contributed by atoms with Crippen molar-refractivity contribution < 1.29 is 13.5 Å². The molecular formula is C12H17F2NO. The van der Waals surface area contributed by atoms with E-state index >= 15 is 0 Å². The number of hydrogen-bond donors (Lipinski definition) is 0. The fourth-order valence-corrected chi connectivity index (χ4v) is 1.51. The quantitative estimate of drug-likeness (QED) is 0.743. The molecule has 0 spiro atoms. The number of alkyl halides is 2. The van der Waals surface area contributed by atoms with Gasteiger partial charge in [-0.15, -0.1) is 0 Å². The summed E-state index contributed by atoms with van der Waals surface area (Å²) in [6.45, 7) is -1.82. The predicted octanol–water partition coefficient (Wildman–Crippen LogP) is 2.78. The van der Waals surface area contributed by atoms with Crippen LogP contribution in [0.1, 0.15) is 12.0 Å². The first-order valence-electron chi connectivity index (χ1n) is 5.27. The molecule has 0 heterocycles. The average molecular weight is 229 g/mol. The lowest BCUT2D eigenvalue weighted by Crippen LogP contribution is -2.13. The third-order valence-electron chi connectivity index (χ3n) is 2.24. The first-order valence-corrected chi connectivity index (χ1v) is 5.27. The standard InChI is InChI=1S/C12H17F2NO/c1-15(2)9-5-7-10-6-3-4-8-11(10)16-12(13)14/h3-4,6,8,12H,5,7,9H2,1-2H3. The molecule has 1 aromatic rings. The summed E-state index contributed by atoms with van der Waals surface area (Å²) in [5.41, 5.74) is 0.838. The second-order valence-corrected chi connectivity index (χ2v) is 3.89. The van der Waals surface area contributed by atoms with Crippen molar-refractivity contribution in [3.63, 3.8) is 0 Å². The number of rotatable bonds is 6. The van der Waals surface area contributed by atoms with Gasteiger partial charge in [0.1, 0.15) is 5.75 Å². The van der Waals surface area contributed by atoms with Gasteiger partial charge in [0.2, 0.25) is 0 Å². The zero-order valence-corrected chi connectivity index (χ0v) is 9.62. The number of nitrogens with zero attached hydrogens (tertiary/aromatic N) is 1. The van der Waals surface area contributed by atoms with Crippen LogP contribution in [-0.2, 0) is 6.42 Å². The average Bonchev–Trinajstić information content (AvgIpc) is 2.19. The van der Waals surface area contributed by atoms with E-state index in [0.29, 0.717) is 0 Å². The molecule has 1 aromatic carbocycles. The van der Waals surface area contributed by atoms with Gasteiger partial charge in [0, 0.05) is 0 Å². The number of ether oxygens (including phenoxy) is 1. The molecule has 0 aliphatic carbocycles. The molecule has 0 N–H and O–H groups in total. The lowest BCUT2D eigenvalue weighted by Gasteiger charge is -2.12. The van der Waals surface area contributed by atoms with Crippen LogP contribution in [0.3, 0.4) is 0 Å². The zero-order chi connectivity index (χ0) is 12.0. The molecule has 0 saturated carbocycles. The molecule has 0 fully saturated rings. The van der Waals surface area contributed by atoms with Crippen LogP contribution in [0, 0.1) is 0 Å². The molecule has 16 heavy (non-hydrogen) atoms. The van der Waals surface area contributed by atoms with Gasteiger partial charge in [-0.05, 0) is 45.1 Å². The number of hydrogen-bond acceptors (Lipinski definition) is 2. The Kier molecular flexibility index (Phi) is 5.19. The van der Waals surface area contributed by atoms with Crippen molar-refractivity contribution in [3.8, 4) is 5.75 Å². The van der Waals surface area contributed by atoms with Gasteiger partial charge in [0.15, 0.2) is 0 Å². The van der Waals surface area contributed by atoms with E-state index in [1.54, 1.807) is 12.1 Å². The Morgan fingerprint density at radius 2 is 1.94 bits per heavy atom. The van der Waals surface area contributed by atoms with Crippen LogP contribution in [0.4, 0.5) is 8.78 Å². The Morgan fingerprint density at radius 3 is 2.56 bits per heavy atom. The summed E-state index contributed by atoms with van der Waals surface area (Å²) in [6, 6.07) is 6.95. The third kappa shape index (κ3) is 4.57. The Labute approximate surface area is 94.8 Å². The van der Waals surface area contributed by atoms with Crippen molar-refractivity contribution >= 4 is 0 Å². The summed E-state index contributed by atoms with van der Waals surface area (Å²) in [5.74, 6) is 0.288. The molecule has 0 bridgehead atoms. The van der Waals surface area contributed by atoms with Crippen molar-refractivity contribution in [1.82, 2.24) is 4.90 Å². The maximum atomic E-state index is 12.1. The lowest BCUT2D eigenvalue weighted by molar-refractivity contribution is -0.0504. The van der Waals surface area contributed by atoms with E-state index in [2.05, 4.69) is 9.64 Å². The Hall–Kier alpha value is -1.16. The van der Waals surface area contributed by atoms with Gasteiger partial charge in [-0.2, -0.15) is 8.78 Å². The van der Waals surface area contributed by atoms with Gasteiger partial charge >= 0.3 is 6.61 Å². The van der Waals surface area contributed by atoms with Gasteiger partial charge < -0.3 is 9.64 Å². The SMILES string of the molecule is CN(C)CCCc1ccccc1OC(F)F. The summed E-state index contributed by atoms with van der Waals surface area (Å²) in [7, 11) is 3.98. The van der Waals surface area contributed by atoms with E-state index in [9.17, 15) is 8.78 Å². The summed E-state index contributed by atoms with van der Waals surface area (Å²) < 4.78 is 28.7. The van der Waals surface area contributed by atoms with Gasteiger partial charge in [0.05, 0.1) is 0 Å².